The van der Waals surface area contributed by atoms with Crippen molar-refractivity contribution in [3.8, 4) is 5.75 Å². The molecular weight excluding hydrogens is 402 g/mol. The van der Waals surface area contributed by atoms with Crippen molar-refractivity contribution in [1.82, 2.24) is 0 Å². The molecule has 32 heavy (non-hydrogen) atoms. The van der Waals surface area contributed by atoms with Crippen molar-refractivity contribution in [1.29, 1.82) is 0 Å². The third kappa shape index (κ3) is 3.78. The molecule has 3 aromatic carbocycles. The van der Waals surface area contributed by atoms with Crippen LogP contribution in [0.3, 0.4) is 0 Å². The minimum atomic E-state index is -0.349. The Balaban J connectivity index is 1.38. The van der Waals surface area contributed by atoms with E-state index in [1.165, 1.54) is 5.56 Å². The van der Waals surface area contributed by atoms with Crippen LogP contribution in [0.25, 0.3) is 0 Å². The summed E-state index contributed by atoms with van der Waals surface area (Å²) in [4.78, 5) is 27.3. The monoisotopic (exact) mass is 425 g/mol. The number of hydrogen-bond donors (Lipinski definition) is 0. The van der Waals surface area contributed by atoms with E-state index in [1.807, 2.05) is 54.6 Å². The number of rotatable bonds is 5. The maximum absolute atomic E-state index is 13.1. The van der Waals surface area contributed by atoms with Crippen LogP contribution in [0.4, 0.5) is 5.69 Å². The van der Waals surface area contributed by atoms with Crippen LogP contribution in [0.2, 0.25) is 0 Å². The molecule has 5 rings (SSSR count). The van der Waals surface area contributed by atoms with E-state index < -0.39 is 0 Å². The zero-order valence-corrected chi connectivity index (χ0v) is 17.8. The summed E-state index contributed by atoms with van der Waals surface area (Å²) >= 11 is 0. The van der Waals surface area contributed by atoms with Crippen LogP contribution in [-0.2, 0) is 20.9 Å². The highest BCUT2D eigenvalue weighted by atomic mass is 16.5. The number of hydrogen-bond acceptors (Lipinski definition) is 4. The zero-order valence-electron chi connectivity index (χ0n) is 17.8. The van der Waals surface area contributed by atoms with Crippen molar-refractivity contribution in [3.63, 3.8) is 0 Å². The van der Waals surface area contributed by atoms with E-state index in [4.69, 9.17) is 9.47 Å². The molecule has 0 radical (unpaired) electrons. The lowest BCUT2D eigenvalue weighted by Crippen LogP contribution is -2.37. The van der Waals surface area contributed by atoms with Gasteiger partial charge in [0.1, 0.15) is 19.0 Å². The van der Waals surface area contributed by atoms with Crippen molar-refractivity contribution in [3.05, 3.63) is 107 Å². The van der Waals surface area contributed by atoms with Gasteiger partial charge in [-0.05, 0) is 42.3 Å². The molecule has 0 aliphatic carbocycles. The average molecular weight is 425 g/mol. The van der Waals surface area contributed by atoms with Crippen molar-refractivity contribution in [2.24, 2.45) is 0 Å². The summed E-state index contributed by atoms with van der Waals surface area (Å²) in [5.74, 6) is 0.0280. The summed E-state index contributed by atoms with van der Waals surface area (Å²) in [7, 11) is 0. The summed E-state index contributed by atoms with van der Waals surface area (Å²) < 4.78 is 11.2. The van der Waals surface area contributed by atoms with E-state index in [0.717, 1.165) is 22.6 Å². The van der Waals surface area contributed by atoms with Gasteiger partial charge in [0.2, 0.25) is 5.91 Å². The first kappa shape index (κ1) is 20.1. The Morgan fingerprint density at radius 3 is 2.38 bits per heavy atom. The number of carbonyl (C=O) groups is 2. The zero-order chi connectivity index (χ0) is 22.1. The van der Waals surface area contributed by atoms with E-state index >= 15 is 0 Å². The standard InChI is InChI=1S/C27H23NO4/c1-18-7-9-19(10-8-18)16-31-22-13-11-20(12-14-22)23-15-25(29)28(21-5-3-2-4-6-21)24-17-32-27(30)26(23)24/h2-14,23H,15-17H2,1H3. The van der Waals surface area contributed by atoms with E-state index in [-0.39, 0.29) is 30.8 Å². The van der Waals surface area contributed by atoms with Gasteiger partial charge < -0.3 is 9.47 Å². The molecular formula is C27H23NO4. The largest absolute Gasteiger partial charge is 0.489 e. The van der Waals surface area contributed by atoms with Crippen molar-refractivity contribution in [2.75, 3.05) is 11.5 Å². The fraction of sp³-hybridized carbons (Fsp3) is 0.185. The maximum atomic E-state index is 13.1. The number of esters is 1. The summed E-state index contributed by atoms with van der Waals surface area (Å²) in [6, 6.07) is 25.2. The van der Waals surface area contributed by atoms with Gasteiger partial charge in [-0.2, -0.15) is 0 Å². The van der Waals surface area contributed by atoms with Crippen LogP contribution in [0, 0.1) is 6.92 Å². The normalized spacial score (nSPS) is 17.9. The van der Waals surface area contributed by atoms with Gasteiger partial charge >= 0.3 is 5.97 Å². The Bertz CT molecular complexity index is 1180. The average Bonchev–Trinajstić information content (AvgIpc) is 3.20. The molecule has 0 spiro atoms. The molecule has 0 aromatic heterocycles. The van der Waals surface area contributed by atoms with Gasteiger partial charge in [0.15, 0.2) is 0 Å². The Labute approximate surface area is 186 Å². The third-order valence-corrected chi connectivity index (χ3v) is 5.94. The van der Waals surface area contributed by atoms with Gasteiger partial charge in [-0.25, -0.2) is 4.79 Å². The SMILES string of the molecule is Cc1ccc(COc2ccc(C3CC(=O)N(c4ccccc4)C4=C3C(=O)OC4)cc2)cc1. The number of nitrogens with zero attached hydrogens (tertiary/aromatic N) is 1. The molecule has 0 bridgehead atoms. The first-order valence-corrected chi connectivity index (χ1v) is 10.7. The predicted octanol–water partition coefficient (Wildman–Crippen LogP) is 4.91. The van der Waals surface area contributed by atoms with Crippen LogP contribution in [0.1, 0.15) is 29.0 Å². The molecule has 160 valence electrons. The number of anilines is 1. The van der Waals surface area contributed by atoms with Crippen LogP contribution in [0.15, 0.2) is 90.1 Å². The predicted molar refractivity (Wildman–Crippen MR) is 121 cm³/mol. The molecule has 2 aliphatic rings. The second kappa shape index (κ2) is 8.35. The lowest BCUT2D eigenvalue weighted by Gasteiger charge is -2.31. The molecule has 2 heterocycles. The molecule has 1 amide bonds. The van der Waals surface area contributed by atoms with Gasteiger partial charge in [-0.3, -0.25) is 9.69 Å². The number of ether oxygens (including phenoxy) is 2. The van der Waals surface area contributed by atoms with E-state index in [2.05, 4.69) is 31.2 Å². The summed E-state index contributed by atoms with van der Waals surface area (Å²) in [6.45, 7) is 2.65. The number of benzene rings is 3. The summed E-state index contributed by atoms with van der Waals surface area (Å²) in [5, 5.41) is 0. The first-order chi connectivity index (χ1) is 15.6. The van der Waals surface area contributed by atoms with Crippen LogP contribution in [-0.4, -0.2) is 18.5 Å². The van der Waals surface area contributed by atoms with Gasteiger partial charge in [-0.15, -0.1) is 0 Å². The number of carbonyl (C=O) groups excluding carboxylic acids is 2. The van der Waals surface area contributed by atoms with Crippen LogP contribution >= 0.6 is 0 Å². The number of cyclic esters (lactones) is 1. The van der Waals surface area contributed by atoms with E-state index in [9.17, 15) is 9.59 Å². The van der Waals surface area contributed by atoms with Crippen molar-refractivity contribution >= 4 is 17.6 Å². The topological polar surface area (TPSA) is 55.8 Å². The first-order valence-electron chi connectivity index (χ1n) is 10.7. The molecule has 0 N–H and O–H groups in total. The lowest BCUT2D eigenvalue weighted by atomic mass is 9.84. The minimum Gasteiger partial charge on any atom is -0.489 e. The molecule has 1 atom stereocenters. The molecule has 2 aliphatic heterocycles. The molecule has 5 nitrogen and oxygen atoms in total. The van der Waals surface area contributed by atoms with E-state index in [0.29, 0.717) is 17.9 Å². The Hall–Kier alpha value is -3.86. The number of aryl methyl sites for hydroxylation is 1. The highest BCUT2D eigenvalue weighted by Crippen LogP contribution is 2.42. The van der Waals surface area contributed by atoms with Gasteiger partial charge in [-0.1, -0.05) is 60.2 Å². The quantitative estimate of drug-likeness (QED) is 0.546. The molecule has 0 fully saturated rings. The molecule has 1 unspecified atom stereocenters. The maximum Gasteiger partial charge on any atom is 0.336 e. The van der Waals surface area contributed by atoms with Crippen molar-refractivity contribution < 1.29 is 19.1 Å². The number of para-hydroxylation sites is 1. The van der Waals surface area contributed by atoms with Crippen LogP contribution < -0.4 is 9.64 Å². The third-order valence-electron chi connectivity index (χ3n) is 5.94. The molecule has 5 heteroatoms. The fourth-order valence-electron chi connectivity index (χ4n) is 4.26. The fourth-order valence-corrected chi connectivity index (χ4v) is 4.26. The molecule has 0 saturated carbocycles. The highest BCUT2D eigenvalue weighted by molar-refractivity contribution is 6.06. The van der Waals surface area contributed by atoms with Gasteiger partial charge in [0.25, 0.3) is 0 Å². The summed E-state index contributed by atoms with van der Waals surface area (Å²) in [5.41, 5.74) is 5.18. The smallest absolute Gasteiger partial charge is 0.336 e. The lowest BCUT2D eigenvalue weighted by molar-refractivity contribution is -0.136. The second-order valence-electron chi connectivity index (χ2n) is 8.10. The Morgan fingerprint density at radius 1 is 0.938 bits per heavy atom. The number of amides is 1. The van der Waals surface area contributed by atoms with E-state index in [1.54, 1.807) is 4.90 Å². The summed E-state index contributed by atoms with van der Waals surface area (Å²) in [6.07, 6.45) is 0.215. The molecule has 3 aromatic rings. The Morgan fingerprint density at radius 2 is 1.66 bits per heavy atom. The van der Waals surface area contributed by atoms with Crippen LogP contribution in [0.5, 0.6) is 5.75 Å². The van der Waals surface area contributed by atoms with Crippen molar-refractivity contribution in [2.45, 2.75) is 25.9 Å². The second-order valence-corrected chi connectivity index (χ2v) is 8.10. The molecule has 0 saturated heterocycles. The van der Waals surface area contributed by atoms with Gasteiger partial charge in [0.05, 0.1) is 11.3 Å². The highest BCUT2D eigenvalue weighted by Gasteiger charge is 2.42. The van der Waals surface area contributed by atoms with Gasteiger partial charge in [0, 0.05) is 18.0 Å². The Kier molecular flexibility index (Phi) is 5.23. The minimum absolute atomic E-state index is 0.0436.